The van der Waals surface area contributed by atoms with Crippen LogP contribution >= 0.6 is 7.60 Å². The van der Waals surface area contributed by atoms with E-state index in [1.807, 2.05) is 32.0 Å². The van der Waals surface area contributed by atoms with E-state index in [4.69, 9.17) is 18.5 Å². The maximum Gasteiger partial charge on any atom is 0.339 e. The largest absolute Gasteiger partial charge is 0.438 e. The van der Waals surface area contributed by atoms with Crippen molar-refractivity contribution >= 4 is 25.4 Å². The molecule has 37 heavy (non-hydrogen) atoms. The molecule has 210 valence electrons. The number of carbonyl (C=O) groups excluding carboxylic acids is 3. The van der Waals surface area contributed by atoms with Crippen LogP contribution < -0.4 is 0 Å². The van der Waals surface area contributed by atoms with Crippen molar-refractivity contribution in [3.05, 3.63) is 34.9 Å². The van der Waals surface area contributed by atoms with E-state index in [2.05, 4.69) is 0 Å². The maximum absolute atomic E-state index is 14.1. The number of carbonyl (C=O) groups is 3. The van der Waals surface area contributed by atoms with Crippen LogP contribution in [0.5, 0.6) is 0 Å². The molecule has 11 heteroatoms. The molecule has 0 aromatic heterocycles. The van der Waals surface area contributed by atoms with E-state index < -0.39 is 55.5 Å². The maximum atomic E-state index is 14.1. The molecule has 1 aromatic carbocycles. The average molecular weight is 544 g/mol. The summed E-state index contributed by atoms with van der Waals surface area (Å²) in [5.74, 6) is -1.72. The van der Waals surface area contributed by atoms with Crippen molar-refractivity contribution in [3.63, 3.8) is 0 Å². The number of ether oxygens (including phenoxy) is 2. The summed E-state index contributed by atoms with van der Waals surface area (Å²) in [4.78, 5) is 36.0. The van der Waals surface area contributed by atoms with Crippen LogP contribution in [-0.2, 0) is 43.9 Å². The molecule has 1 unspecified atom stereocenters. The SMILES string of the molecule is CC(=O)N(O)CCC(Cc1cc(C)ccc1C)P(=O)(OCOC(=O)C(C)(C)C)OCOC(=O)C(C)(C)C. The molecule has 1 atom stereocenters. The van der Waals surface area contributed by atoms with Crippen LogP contribution in [0.2, 0.25) is 0 Å². The van der Waals surface area contributed by atoms with E-state index in [0.29, 0.717) is 5.06 Å². The zero-order valence-electron chi connectivity index (χ0n) is 23.5. The van der Waals surface area contributed by atoms with Gasteiger partial charge >= 0.3 is 19.5 Å². The number of amides is 1. The summed E-state index contributed by atoms with van der Waals surface area (Å²) < 4.78 is 35.6. The van der Waals surface area contributed by atoms with Crippen molar-refractivity contribution in [2.24, 2.45) is 10.8 Å². The predicted molar refractivity (Wildman–Crippen MR) is 138 cm³/mol. The second-order valence-corrected chi connectivity index (χ2v) is 13.4. The van der Waals surface area contributed by atoms with Gasteiger partial charge in [-0.3, -0.25) is 33.2 Å². The number of hydrogen-bond donors (Lipinski definition) is 1. The molecule has 0 aliphatic heterocycles. The Morgan fingerprint density at radius 2 is 1.43 bits per heavy atom. The highest BCUT2D eigenvalue weighted by atomic mass is 31.2. The summed E-state index contributed by atoms with van der Waals surface area (Å²) in [5.41, 5.74) is 0.294. The molecule has 0 saturated carbocycles. The van der Waals surface area contributed by atoms with E-state index in [9.17, 15) is 24.2 Å². The molecule has 1 rings (SSSR count). The van der Waals surface area contributed by atoms with E-state index in [0.717, 1.165) is 16.7 Å². The molecule has 0 saturated heterocycles. The van der Waals surface area contributed by atoms with Crippen LogP contribution in [0.15, 0.2) is 18.2 Å². The number of esters is 2. The van der Waals surface area contributed by atoms with Crippen LogP contribution in [0, 0.1) is 24.7 Å². The van der Waals surface area contributed by atoms with Crippen molar-refractivity contribution in [1.29, 1.82) is 0 Å². The summed E-state index contributed by atoms with van der Waals surface area (Å²) in [6.45, 7) is 13.6. The Balaban J connectivity index is 3.28. The molecule has 0 heterocycles. The molecule has 0 radical (unpaired) electrons. The number of hydrogen-bond acceptors (Lipinski definition) is 9. The lowest BCUT2D eigenvalue weighted by atomic mass is 9.98. The summed E-state index contributed by atoms with van der Waals surface area (Å²) >= 11 is 0. The van der Waals surface area contributed by atoms with Crippen molar-refractivity contribution in [3.8, 4) is 0 Å². The third kappa shape index (κ3) is 10.9. The monoisotopic (exact) mass is 543 g/mol. The van der Waals surface area contributed by atoms with Gasteiger partial charge < -0.3 is 9.47 Å². The molecule has 1 amide bonds. The van der Waals surface area contributed by atoms with Crippen LogP contribution in [0.4, 0.5) is 0 Å². The fourth-order valence-electron chi connectivity index (χ4n) is 3.06. The molecular formula is C26H42NO9P. The highest BCUT2D eigenvalue weighted by Gasteiger charge is 2.38. The van der Waals surface area contributed by atoms with Gasteiger partial charge in [0.1, 0.15) is 0 Å². The van der Waals surface area contributed by atoms with E-state index in [-0.39, 0.29) is 19.4 Å². The van der Waals surface area contributed by atoms with Crippen LogP contribution in [-0.4, -0.2) is 53.9 Å². The number of rotatable bonds is 12. The van der Waals surface area contributed by atoms with Crippen molar-refractivity contribution in [2.75, 3.05) is 20.1 Å². The quantitative estimate of drug-likeness (QED) is 0.125. The number of benzene rings is 1. The molecule has 0 bridgehead atoms. The highest BCUT2D eigenvalue weighted by Crippen LogP contribution is 2.55. The lowest BCUT2D eigenvalue weighted by Crippen LogP contribution is -2.30. The average Bonchev–Trinajstić information content (AvgIpc) is 2.76. The van der Waals surface area contributed by atoms with Crippen molar-refractivity contribution in [1.82, 2.24) is 5.06 Å². The van der Waals surface area contributed by atoms with Gasteiger partial charge in [-0.05, 0) is 79.4 Å². The van der Waals surface area contributed by atoms with Gasteiger partial charge in [0.15, 0.2) is 0 Å². The molecule has 0 fully saturated rings. The van der Waals surface area contributed by atoms with Gasteiger partial charge in [-0.2, -0.15) is 0 Å². The Morgan fingerprint density at radius 1 is 0.946 bits per heavy atom. The topological polar surface area (TPSA) is 129 Å². The van der Waals surface area contributed by atoms with Gasteiger partial charge in [0.2, 0.25) is 19.5 Å². The smallest absolute Gasteiger partial charge is 0.339 e. The minimum atomic E-state index is -4.14. The van der Waals surface area contributed by atoms with Crippen LogP contribution in [0.25, 0.3) is 0 Å². The minimum absolute atomic E-state index is 0.0289. The molecule has 0 spiro atoms. The Kier molecular flexibility index (Phi) is 12.0. The Labute approximate surface area is 220 Å². The number of aryl methyl sites for hydroxylation is 2. The lowest BCUT2D eigenvalue weighted by molar-refractivity contribution is -0.164. The first-order chi connectivity index (χ1) is 16.9. The Bertz CT molecular complexity index is 959. The number of hydroxylamine groups is 2. The van der Waals surface area contributed by atoms with Gasteiger partial charge in [0, 0.05) is 13.5 Å². The Hall–Kier alpha value is -2.26. The molecular weight excluding hydrogens is 501 g/mol. The van der Waals surface area contributed by atoms with Gasteiger partial charge in [0.05, 0.1) is 16.5 Å². The predicted octanol–water partition coefficient (Wildman–Crippen LogP) is 5.16. The number of nitrogens with zero attached hydrogens (tertiary/aromatic N) is 1. The normalized spacial score (nSPS) is 13.1. The van der Waals surface area contributed by atoms with Gasteiger partial charge in [-0.1, -0.05) is 23.8 Å². The van der Waals surface area contributed by atoms with Gasteiger partial charge in [-0.25, -0.2) is 5.06 Å². The summed E-state index contributed by atoms with van der Waals surface area (Å²) in [6, 6.07) is 5.82. The minimum Gasteiger partial charge on any atom is -0.438 e. The first kappa shape index (κ1) is 32.8. The fraction of sp³-hybridized carbons (Fsp3) is 0.654. The third-order valence-electron chi connectivity index (χ3n) is 5.52. The van der Waals surface area contributed by atoms with Gasteiger partial charge in [-0.15, -0.1) is 0 Å². The van der Waals surface area contributed by atoms with E-state index >= 15 is 0 Å². The van der Waals surface area contributed by atoms with Crippen LogP contribution in [0.1, 0.15) is 71.6 Å². The first-order valence-corrected chi connectivity index (χ1v) is 13.7. The summed E-state index contributed by atoms with van der Waals surface area (Å²) in [6.07, 6.45) is 0.234. The standard InChI is InChI=1S/C26H42NO9P/c1-18-10-11-19(2)21(14-18)15-22(12-13-27(31)20(3)28)37(32,35-16-33-23(29)25(4,5)6)36-17-34-24(30)26(7,8)9/h10-11,14,22,31H,12-13,15-17H2,1-9H3. The zero-order chi connectivity index (χ0) is 28.6. The zero-order valence-corrected chi connectivity index (χ0v) is 24.3. The van der Waals surface area contributed by atoms with Crippen molar-refractivity contribution in [2.45, 2.75) is 80.8 Å². The third-order valence-corrected chi connectivity index (χ3v) is 7.78. The second-order valence-electron chi connectivity index (χ2n) is 11.1. The van der Waals surface area contributed by atoms with Crippen molar-refractivity contribution < 1.29 is 42.7 Å². The fourth-order valence-corrected chi connectivity index (χ4v) is 4.81. The Morgan fingerprint density at radius 3 is 1.86 bits per heavy atom. The highest BCUT2D eigenvalue weighted by molar-refractivity contribution is 7.54. The lowest BCUT2D eigenvalue weighted by Gasteiger charge is -2.29. The molecule has 0 aliphatic rings. The molecule has 1 N–H and O–H groups in total. The summed E-state index contributed by atoms with van der Waals surface area (Å²) in [5, 5.41) is 10.5. The van der Waals surface area contributed by atoms with E-state index in [1.54, 1.807) is 41.5 Å². The molecule has 10 nitrogen and oxygen atoms in total. The second kappa shape index (κ2) is 13.5. The first-order valence-electron chi connectivity index (χ1n) is 12.1. The summed E-state index contributed by atoms with van der Waals surface area (Å²) in [7, 11) is -4.14. The van der Waals surface area contributed by atoms with Crippen LogP contribution in [0.3, 0.4) is 0 Å². The van der Waals surface area contributed by atoms with Gasteiger partial charge in [0.25, 0.3) is 0 Å². The molecule has 1 aromatic rings. The molecule has 0 aliphatic carbocycles. The van der Waals surface area contributed by atoms with E-state index in [1.165, 1.54) is 6.92 Å².